The molecule has 6 nitrogen and oxygen atoms in total. The summed E-state index contributed by atoms with van der Waals surface area (Å²) in [6, 6.07) is 22.1. The molecule has 2 N–H and O–H groups in total. The van der Waals surface area contributed by atoms with Gasteiger partial charge in [-0.15, -0.1) is 0 Å². The van der Waals surface area contributed by atoms with Gasteiger partial charge in [-0.3, -0.25) is 0 Å². The molecule has 31 heavy (non-hydrogen) atoms. The zero-order valence-corrected chi connectivity index (χ0v) is 17.9. The third-order valence-electron chi connectivity index (χ3n) is 5.55. The summed E-state index contributed by atoms with van der Waals surface area (Å²) in [7, 11) is 1.78. The van der Waals surface area contributed by atoms with E-state index < -0.39 is 11.9 Å². The average molecular weight is 426 g/mol. The smallest absolute Gasteiger partial charge is 0.328 e. The van der Waals surface area contributed by atoms with Gasteiger partial charge in [0.1, 0.15) is 0 Å². The number of hydrogen-bond acceptors (Lipinski definition) is 4. The number of benzene rings is 2. The van der Waals surface area contributed by atoms with Crippen LogP contribution in [0.4, 0.5) is 0 Å². The lowest BCUT2D eigenvalue weighted by Crippen LogP contribution is -2.43. The fraction of sp³-hybridized carbons (Fsp3) is 0.360. The lowest BCUT2D eigenvalue weighted by Gasteiger charge is -2.43. The Balaban J connectivity index is 0.000000366. The van der Waals surface area contributed by atoms with Crippen LogP contribution in [0.2, 0.25) is 0 Å². The number of nitrogens with zero attached hydrogens (tertiary/aromatic N) is 1. The summed E-state index contributed by atoms with van der Waals surface area (Å²) >= 11 is 0. The molecule has 0 radical (unpaired) electrons. The minimum Gasteiger partial charge on any atom is -0.478 e. The third kappa shape index (κ3) is 7.66. The Morgan fingerprint density at radius 2 is 1.35 bits per heavy atom. The van der Waals surface area contributed by atoms with Crippen LogP contribution >= 0.6 is 0 Å². The molecule has 2 aromatic carbocycles. The van der Waals surface area contributed by atoms with Gasteiger partial charge in [0.25, 0.3) is 0 Å². The van der Waals surface area contributed by atoms with E-state index in [-0.39, 0.29) is 5.41 Å². The molecule has 1 heterocycles. The van der Waals surface area contributed by atoms with E-state index >= 15 is 0 Å². The highest BCUT2D eigenvalue weighted by molar-refractivity contribution is 5.89. The minimum atomic E-state index is -1.26. The molecule has 6 heteroatoms. The fourth-order valence-electron chi connectivity index (χ4n) is 3.99. The summed E-state index contributed by atoms with van der Waals surface area (Å²) in [5.74, 6) is -2.51. The van der Waals surface area contributed by atoms with E-state index in [1.807, 2.05) is 0 Å². The number of carboxylic acids is 2. The molecule has 1 aliphatic heterocycles. The van der Waals surface area contributed by atoms with Gasteiger partial charge in [-0.1, -0.05) is 60.7 Å². The first-order chi connectivity index (χ1) is 15.0. The number of methoxy groups -OCH3 is 1. The highest BCUT2D eigenvalue weighted by atomic mass is 16.5. The summed E-state index contributed by atoms with van der Waals surface area (Å²) in [6.07, 6.45) is 4.62. The summed E-state index contributed by atoms with van der Waals surface area (Å²) in [5.41, 5.74) is 3.09. The molecule has 0 aromatic heterocycles. The largest absolute Gasteiger partial charge is 0.478 e. The molecule has 0 bridgehead atoms. The Kier molecular flexibility index (Phi) is 9.94. The topological polar surface area (TPSA) is 87.1 Å². The lowest BCUT2D eigenvalue weighted by atomic mass is 9.68. The zero-order valence-electron chi connectivity index (χ0n) is 17.9. The molecule has 3 rings (SSSR count). The molecular formula is C25H31NO5. The molecule has 0 amide bonds. The minimum absolute atomic E-state index is 0.167. The van der Waals surface area contributed by atoms with Gasteiger partial charge in [-0.05, 0) is 43.5 Å². The molecule has 0 spiro atoms. The molecule has 0 atom stereocenters. The Morgan fingerprint density at radius 3 is 1.74 bits per heavy atom. The Morgan fingerprint density at radius 1 is 0.903 bits per heavy atom. The summed E-state index contributed by atoms with van der Waals surface area (Å²) in [5, 5.41) is 15.6. The van der Waals surface area contributed by atoms with Crippen molar-refractivity contribution in [3.8, 4) is 0 Å². The van der Waals surface area contributed by atoms with Crippen LogP contribution in [0.1, 0.15) is 30.4 Å². The van der Waals surface area contributed by atoms with Crippen LogP contribution in [0, 0.1) is 0 Å². The van der Waals surface area contributed by atoms with E-state index in [1.165, 1.54) is 24.0 Å². The molecule has 166 valence electrons. The molecule has 2 aromatic rings. The molecule has 0 saturated carbocycles. The van der Waals surface area contributed by atoms with E-state index in [9.17, 15) is 9.59 Å². The van der Waals surface area contributed by atoms with Gasteiger partial charge in [-0.2, -0.15) is 0 Å². The number of ether oxygens (including phenoxy) is 1. The van der Waals surface area contributed by atoms with Crippen molar-refractivity contribution in [3.63, 3.8) is 0 Å². The van der Waals surface area contributed by atoms with E-state index in [1.54, 1.807) is 7.11 Å². The second-order valence-corrected chi connectivity index (χ2v) is 7.51. The van der Waals surface area contributed by atoms with Crippen molar-refractivity contribution in [1.29, 1.82) is 0 Å². The van der Waals surface area contributed by atoms with Crippen molar-refractivity contribution >= 4 is 11.9 Å². The van der Waals surface area contributed by atoms with Crippen molar-refractivity contribution in [1.82, 2.24) is 4.90 Å². The molecule has 0 unspecified atom stereocenters. The standard InChI is InChI=1S/C21H27NO.C4H4O4/c1-23-18-8-15-22-16-13-21(14-17-22,19-9-4-2-5-10-19)20-11-6-3-7-12-20;5-3(6)1-2-4(7)8/h2-7,9-12H,8,13-18H2,1H3;1-2H,(H,5,6)(H,7,8)/b;2-1+. The Labute approximate surface area is 183 Å². The monoisotopic (exact) mass is 425 g/mol. The van der Waals surface area contributed by atoms with Crippen molar-refractivity contribution in [2.75, 3.05) is 33.4 Å². The lowest BCUT2D eigenvalue weighted by molar-refractivity contribution is -0.134. The van der Waals surface area contributed by atoms with E-state index in [0.717, 1.165) is 32.7 Å². The first-order valence-electron chi connectivity index (χ1n) is 10.4. The summed E-state index contributed by atoms with van der Waals surface area (Å²) in [4.78, 5) is 21.7. The quantitative estimate of drug-likeness (QED) is 0.494. The number of aliphatic carboxylic acids is 2. The Hall–Kier alpha value is -2.96. The number of hydrogen-bond donors (Lipinski definition) is 2. The van der Waals surface area contributed by atoms with Crippen LogP contribution in [0.15, 0.2) is 72.8 Å². The number of piperidine rings is 1. The van der Waals surface area contributed by atoms with Gasteiger partial charge in [-0.25, -0.2) is 9.59 Å². The maximum atomic E-state index is 9.55. The van der Waals surface area contributed by atoms with Crippen molar-refractivity contribution in [2.24, 2.45) is 0 Å². The maximum absolute atomic E-state index is 9.55. The Bertz CT molecular complexity index is 770. The highest BCUT2D eigenvalue weighted by Crippen LogP contribution is 2.41. The van der Waals surface area contributed by atoms with Gasteiger partial charge >= 0.3 is 11.9 Å². The molecule has 1 saturated heterocycles. The predicted octanol–water partition coefficient (Wildman–Crippen LogP) is 3.82. The molecule has 1 fully saturated rings. The number of rotatable bonds is 8. The SMILES string of the molecule is COCCCN1CCC(c2ccccc2)(c2ccccc2)CC1.O=C(O)/C=C/C(=O)O. The predicted molar refractivity (Wildman–Crippen MR) is 120 cm³/mol. The van der Waals surface area contributed by atoms with Crippen molar-refractivity contribution < 1.29 is 24.5 Å². The molecule has 0 aliphatic carbocycles. The normalized spacial score (nSPS) is 15.8. The van der Waals surface area contributed by atoms with Gasteiger partial charge < -0.3 is 19.8 Å². The molecular weight excluding hydrogens is 394 g/mol. The zero-order chi connectivity index (χ0) is 22.5. The molecule has 1 aliphatic rings. The summed E-state index contributed by atoms with van der Waals surface area (Å²) < 4.78 is 5.19. The second-order valence-electron chi connectivity index (χ2n) is 7.51. The average Bonchev–Trinajstić information content (AvgIpc) is 2.80. The van der Waals surface area contributed by atoms with Crippen LogP contribution in [0.25, 0.3) is 0 Å². The van der Waals surface area contributed by atoms with Crippen LogP contribution in [-0.2, 0) is 19.7 Å². The highest BCUT2D eigenvalue weighted by Gasteiger charge is 2.37. The van der Waals surface area contributed by atoms with Crippen LogP contribution in [0.3, 0.4) is 0 Å². The van der Waals surface area contributed by atoms with Crippen LogP contribution < -0.4 is 0 Å². The summed E-state index contributed by atoms with van der Waals surface area (Å²) in [6.45, 7) is 4.33. The van der Waals surface area contributed by atoms with E-state index in [0.29, 0.717) is 12.2 Å². The van der Waals surface area contributed by atoms with Gasteiger partial charge in [0.2, 0.25) is 0 Å². The number of likely N-dealkylation sites (tertiary alicyclic amines) is 1. The second kappa shape index (κ2) is 12.7. The van der Waals surface area contributed by atoms with Crippen molar-refractivity contribution in [2.45, 2.75) is 24.7 Å². The van der Waals surface area contributed by atoms with Gasteiger partial charge in [0.05, 0.1) is 0 Å². The fourth-order valence-corrected chi connectivity index (χ4v) is 3.99. The number of carbonyl (C=O) groups is 2. The van der Waals surface area contributed by atoms with Crippen LogP contribution in [0.5, 0.6) is 0 Å². The van der Waals surface area contributed by atoms with E-state index in [2.05, 4.69) is 65.6 Å². The van der Waals surface area contributed by atoms with Gasteiger partial charge in [0, 0.05) is 37.8 Å². The van der Waals surface area contributed by atoms with Gasteiger partial charge in [0.15, 0.2) is 0 Å². The first kappa shape index (κ1) is 24.3. The maximum Gasteiger partial charge on any atom is 0.328 e. The number of carboxylic acid groups (broad SMARTS) is 2. The third-order valence-corrected chi connectivity index (χ3v) is 5.55. The van der Waals surface area contributed by atoms with Crippen LogP contribution in [-0.4, -0.2) is 60.4 Å². The van der Waals surface area contributed by atoms with Crippen molar-refractivity contribution in [3.05, 3.63) is 83.9 Å². The van der Waals surface area contributed by atoms with E-state index in [4.69, 9.17) is 14.9 Å². The first-order valence-corrected chi connectivity index (χ1v) is 10.4.